The highest BCUT2D eigenvalue weighted by Crippen LogP contribution is 2.69. The Balaban J connectivity index is 1.26. The van der Waals surface area contributed by atoms with E-state index in [0.29, 0.717) is 24.8 Å². The second-order valence-electron chi connectivity index (χ2n) is 13.3. The number of benzene rings is 1. The monoisotopic (exact) mass is 609 g/mol. The van der Waals surface area contributed by atoms with Crippen LogP contribution in [-0.4, -0.2) is 58.4 Å². The summed E-state index contributed by atoms with van der Waals surface area (Å²) in [6, 6.07) is 6.06. The van der Waals surface area contributed by atoms with Gasteiger partial charge < -0.3 is 24.2 Å². The Hall–Kier alpha value is -3.41. The van der Waals surface area contributed by atoms with Crippen molar-refractivity contribution in [3.8, 4) is 0 Å². The van der Waals surface area contributed by atoms with Crippen molar-refractivity contribution in [2.24, 2.45) is 28.6 Å². The maximum Gasteiger partial charge on any atom is 0.338 e. The van der Waals surface area contributed by atoms with E-state index >= 15 is 0 Å². The van der Waals surface area contributed by atoms with Gasteiger partial charge >= 0.3 is 5.97 Å². The molecule has 1 aliphatic heterocycles. The Morgan fingerprint density at radius 2 is 2.05 bits per heavy atom. The molecule has 1 aromatic carbocycles. The van der Waals surface area contributed by atoms with E-state index in [-0.39, 0.29) is 35.7 Å². The first-order valence-electron chi connectivity index (χ1n) is 15.4. The molecule has 0 aromatic heterocycles. The minimum Gasteiger partial charge on any atom is -0.454 e. The molecule has 1 saturated heterocycles. The number of aliphatic hydroxyl groups is 1. The number of fused-ring (bicyclic) bond motifs is 7. The Kier molecular flexibility index (Phi) is 7.78. The van der Waals surface area contributed by atoms with Crippen molar-refractivity contribution in [3.05, 3.63) is 69.3 Å². The normalized spacial score (nSPS) is 38.5. The van der Waals surface area contributed by atoms with Crippen molar-refractivity contribution in [2.45, 2.75) is 90.0 Å². The van der Waals surface area contributed by atoms with E-state index in [9.17, 15) is 29.6 Å². The van der Waals surface area contributed by atoms with E-state index in [1.165, 1.54) is 12.1 Å². The van der Waals surface area contributed by atoms with Gasteiger partial charge in [0.15, 0.2) is 24.3 Å². The molecule has 3 saturated carbocycles. The average molecular weight is 610 g/mol. The Morgan fingerprint density at radius 3 is 2.80 bits per heavy atom. The third-order valence-electron chi connectivity index (χ3n) is 11.1. The molecule has 0 amide bonds. The highest BCUT2D eigenvalue weighted by atomic mass is 16.9. The molecule has 1 unspecified atom stereocenters. The summed E-state index contributed by atoms with van der Waals surface area (Å²) >= 11 is 0. The van der Waals surface area contributed by atoms with E-state index < -0.39 is 58.4 Å². The maximum atomic E-state index is 14.3. The lowest BCUT2D eigenvalue weighted by Crippen LogP contribution is -2.63. The van der Waals surface area contributed by atoms with Gasteiger partial charge in [0, 0.05) is 16.7 Å². The van der Waals surface area contributed by atoms with Crippen LogP contribution in [-0.2, 0) is 35.2 Å². The molecule has 1 heterocycles. The van der Waals surface area contributed by atoms with Gasteiger partial charge in [-0.25, -0.2) is 4.79 Å². The molecule has 0 spiro atoms. The molecule has 6 rings (SSSR count). The van der Waals surface area contributed by atoms with Crippen LogP contribution in [0.3, 0.4) is 0 Å². The van der Waals surface area contributed by atoms with E-state index in [4.69, 9.17) is 14.2 Å². The van der Waals surface area contributed by atoms with Crippen LogP contribution in [0.25, 0.3) is 0 Å². The molecule has 4 aliphatic carbocycles. The number of carbonyl (C=O) groups is 3. The summed E-state index contributed by atoms with van der Waals surface area (Å²) in [7, 11) is 0. The van der Waals surface area contributed by atoms with Gasteiger partial charge in [-0.1, -0.05) is 51.0 Å². The summed E-state index contributed by atoms with van der Waals surface area (Å²) in [5, 5.41) is 21.5. The van der Waals surface area contributed by atoms with Gasteiger partial charge in [0.05, 0.1) is 17.8 Å². The number of hydrogen-bond acceptors (Lipinski definition) is 10. The molecule has 11 nitrogen and oxygen atoms in total. The van der Waals surface area contributed by atoms with E-state index in [1.54, 1.807) is 24.3 Å². The van der Waals surface area contributed by atoms with Crippen molar-refractivity contribution < 1.29 is 43.6 Å². The number of esters is 1. The minimum absolute atomic E-state index is 0.00538. The Morgan fingerprint density at radius 1 is 1.25 bits per heavy atom. The van der Waals surface area contributed by atoms with Gasteiger partial charge in [0.2, 0.25) is 5.78 Å². The molecular formula is C33H39NO10. The lowest BCUT2D eigenvalue weighted by Gasteiger charge is -2.59. The molecule has 1 aromatic rings. The lowest BCUT2D eigenvalue weighted by molar-refractivity contribution is -0.763. The fraction of sp³-hybridized carbons (Fsp3) is 0.606. The summed E-state index contributed by atoms with van der Waals surface area (Å²) in [5.41, 5.74) is -1.04. The summed E-state index contributed by atoms with van der Waals surface area (Å²) in [4.78, 5) is 54.5. The zero-order valence-electron chi connectivity index (χ0n) is 25.2. The SMILES string of the molecule is CCCC1O[C@@H]2C[C@H]3[C@@H]4CCC5=CC(=O)C=C[C@]5(C)[C@H]4[C@@H](O)C[C@]3(C)[C@]2(C(=O)COC(=O)c2cccc(CO[N+](=O)[O-])c2)O1. The topological polar surface area (TPSA) is 152 Å². The van der Waals surface area contributed by atoms with Crippen LogP contribution in [0.2, 0.25) is 0 Å². The molecular weight excluding hydrogens is 570 g/mol. The largest absolute Gasteiger partial charge is 0.454 e. The first-order chi connectivity index (χ1) is 20.9. The van der Waals surface area contributed by atoms with E-state index in [0.717, 1.165) is 24.8 Å². The van der Waals surface area contributed by atoms with Gasteiger partial charge in [-0.15, -0.1) is 10.1 Å². The molecule has 11 heteroatoms. The number of hydrogen-bond donors (Lipinski definition) is 1. The zero-order valence-corrected chi connectivity index (χ0v) is 25.2. The average Bonchev–Trinajstić information content (AvgIpc) is 3.47. The zero-order chi connectivity index (χ0) is 31.4. The Labute approximate surface area is 255 Å². The predicted octanol–water partition coefficient (Wildman–Crippen LogP) is 4.29. The fourth-order valence-electron chi connectivity index (χ4n) is 9.24. The predicted molar refractivity (Wildman–Crippen MR) is 154 cm³/mol. The van der Waals surface area contributed by atoms with Crippen LogP contribution >= 0.6 is 0 Å². The maximum absolute atomic E-state index is 14.3. The second-order valence-corrected chi connectivity index (χ2v) is 13.3. The number of nitrogens with zero attached hydrogens (tertiary/aromatic N) is 1. The highest BCUT2D eigenvalue weighted by Gasteiger charge is 2.75. The van der Waals surface area contributed by atoms with Crippen molar-refractivity contribution in [3.63, 3.8) is 0 Å². The Bertz CT molecular complexity index is 1440. The molecule has 1 N–H and O–H groups in total. The number of ketones is 2. The molecule has 0 radical (unpaired) electrons. The number of Topliss-reactive ketones (excluding diaryl/α,β-unsaturated/α-hetero) is 1. The van der Waals surface area contributed by atoms with Gasteiger partial charge in [-0.2, -0.15) is 0 Å². The van der Waals surface area contributed by atoms with Crippen molar-refractivity contribution in [1.29, 1.82) is 0 Å². The number of rotatable bonds is 9. The molecule has 0 bridgehead atoms. The van der Waals surface area contributed by atoms with Crippen LogP contribution in [0.15, 0.2) is 48.1 Å². The third-order valence-corrected chi connectivity index (χ3v) is 11.1. The van der Waals surface area contributed by atoms with Crippen molar-refractivity contribution in [1.82, 2.24) is 0 Å². The fourth-order valence-corrected chi connectivity index (χ4v) is 9.24. The summed E-state index contributed by atoms with van der Waals surface area (Å²) in [5.74, 6) is -1.22. The van der Waals surface area contributed by atoms with Gasteiger partial charge in [-0.3, -0.25) is 9.59 Å². The molecule has 44 heavy (non-hydrogen) atoms. The van der Waals surface area contributed by atoms with Gasteiger partial charge in [-0.05, 0) is 73.8 Å². The third kappa shape index (κ3) is 4.71. The van der Waals surface area contributed by atoms with Crippen LogP contribution < -0.4 is 0 Å². The lowest BCUT2D eigenvalue weighted by atomic mass is 9.46. The summed E-state index contributed by atoms with van der Waals surface area (Å²) < 4.78 is 18.6. The first-order valence-corrected chi connectivity index (χ1v) is 15.4. The van der Waals surface area contributed by atoms with Crippen molar-refractivity contribution in [2.75, 3.05) is 6.61 Å². The minimum atomic E-state index is -1.40. The van der Waals surface area contributed by atoms with Crippen LogP contribution in [0, 0.1) is 38.7 Å². The number of allylic oxidation sites excluding steroid dienone is 4. The van der Waals surface area contributed by atoms with E-state index in [1.807, 2.05) is 19.9 Å². The number of carbonyl (C=O) groups excluding carboxylic acids is 3. The first kappa shape index (κ1) is 30.6. The molecule has 236 valence electrons. The summed E-state index contributed by atoms with van der Waals surface area (Å²) in [6.45, 7) is 5.26. The second kappa shape index (κ2) is 11.2. The molecule has 5 aliphatic rings. The van der Waals surface area contributed by atoms with Crippen molar-refractivity contribution >= 4 is 17.5 Å². The molecule has 4 fully saturated rings. The van der Waals surface area contributed by atoms with Gasteiger partial charge in [0.1, 0.15) is 6.61 Å². The molecule has 9 atom stereocenters. The summed E-state index contributed by atoms with van der Waals surface area (Å²) in [6.07, 6.45) is 7.18. The van der Waals surface area contributed by atoms with Crippen LogP contribution in [0.5, 0.6) is 0 Å². The highest BCUT2D eigenvalue weighted by molar-refractivity contribution is 6.01. The van der Waals surface area contributed by atoms with E-state index in [2.05, 4.69) is 11.8 Å². The quantitative estimate of drug-likeness (QED) is 0.244. The smallest absolute Gasteiger partial charge is 0.338 e. The number of ether oxygens (including phenoxy) is 3. The van der Waals surface area contributed by atoms with Crippen LogP contribution in [0.1, 0.15) is 75.2 Å². The van der Waals surface area contributed by atoms with Crippen LogP contribution in [0.4, 0.5) is 0 Å². The number of aliphatic hydroxyl groups excluding tert-OH is 1. The van der Waals surface area contributed by atoms with Gasteiger partial charge in [0.25, 0.3) is 5.09 Å². The standard InChI is InChI=1S/C33H39NO10/c1-4-6-28-43-27-15-24-23-10-9-21-14-22(35)11-12-31(21,2)29(23)25(36)16-32(24,3)33(27,44-28)26(37)18-41-30(38)20-8-5-7-19(13-20)17-42-34(39)40/h5,7-8,11-14,23-25,27-29,36H,4,6,9-10,15-18H2,1-3H3/t23-,24-,25-,27+,28?,29+,31-,32-,33+/m0/s1.